The Hall–Kier alpha value is -3.69. The molecule has 0 aliphatic rings. The van der Waals surface area contributed by atoms with E-state index in [1.807, 2.05) is 41.8 Å². The number of aromatic nitrogens is 4. The third kappa shape index (κ3) is 4.34. The van der Waals surface area contributed by atoms with Gasteiger partial charge in [0, 0.05) is 17.1 Å². The van der Waals surface area contributed by atoms with Crippen LogP contribution in [0.1, 0.15) is 5.56 Å². The van der Waals surface area contributed by atoms with Crippen LogP contribution in [-0.2, 0) is 11.2 Å². The minimum atomic E-state index is -0.444. The summed E-state index contributed by atoms with van der Waals surface area (Å²) in [5.74, 6) is 0.584. The van der Waals surface area contributed by atoms with Crippen LogP contribution in [0.2, 0.25) is 0 Å². The molecular weight excluding hydrogens is 427 g/mol. The van der Waals surface area contributed by atoms with E-state index in [-0.39, 0.29) is 0 Å². The van der Waals surface area contributed by atoms with E-state index in [0.717, 1.165) is 28.3 Å². The smallest absolute Gasteiger partial charge is 0.165 e. The molecule has 1 aromatic carbocycles. The van der Waals surface area contributed by atoms with Crippen LogP contribution in [0.5, 0.6) is 0 Å². The lowest BCUT2D eigenvalue weighted by molar-refractivity contribution is -0.108. The van der Waals surface area contributed by atoms with Gasteiger partial charge in [-0.05, 0) is 36.5 Å². The third-order valence-electron chi connectivity index (χ3n) is 4.85. The summed E-state index contributed by atoms with van der Waals surface area (Å²) in [6.45, 7) is 0. The van der Waals surface area contributed by atoms with Gasteiger partial charge in [0.15, 0.2) is 5.82 Å². The maximum atomic E-state index is 13.8. The number of H-pyrrole nitrogens is 1. The molecule has 4 aromatic heterocycles. The molecule has 0 saturated heterocycles. The Balaban J connectivity index is 0.00000119. The molecule has 5 rings (SSSR count). The zero-order valence-electron chi connectivity index (χ0n) is 17.2. The van der Waals surface area contributed by atoms with Crippen molar-refractivity contribution < 1.29 is 9.18 Å². The highest BCUT2D eigenvalue weighted by Gasteiger charge is 2.17. The summed E-state index contributed by atoms with van der Waals surface area (Å²) in [6, 6.07) is 12.7. The summed E-state index contributed by atoms with van der Waals surface area (Å²) in [7, 11) is 1.50. The van der Waals surface area contributed by atoms with Crippen molar-refractivity contribution in [1.29, 1.82) is 0 Å². The number of carbonyl (C=O) groups is 1. The maximum Gasteiger partial charge on any atom is 0.165 e. The molecule has 1 atom stereocenters. The number of nitrogens with one attached hydrogen (secondary N) is 2. The number of halogens is 1. The molecule has 0 aliphatic carbocycles. The van der Waals surface area contributed by atoms with Crippen LogP contribution in [-0.4, -0.2) is 39.3 Å². The predicted octanol–water partition coefficient (Wildman–Crippen LogP) is 4.17. The van der Waals surface area contributed by atoms with Crippen LogP contribution in [0.15, 0.2) is 60.2 Å². The molecule has 7 nitrogen and oxygen atoms in total. The van der Waals surface area contributed by atoms with Crippen molar-refractivity contribution >= 4 is 44.7 Å². The predicted molar refractivity (Wildman–Crippen MR) is 126 cm³/mol. The number of fused-ring (bicyclic) bond motifs is 2. The van der Waals surface area contributed by atoms with Gasteiger partial charge in [0.1, 0.15) is 28.4 Å². The first-order valence-electron chi connectivity index (χ1n) is 9.93. The van der Waals surface area contributed by atoms with E-state index in [0.29, 0.717) is 34.7 Å². The van der Waals surface area contributed by atoms with Crippen LogP contribution in [0.4, 0.5) is 10.2 Å². The van der Waals surface area contributed by atoms with Crippen molar-refractivity contribution in [2.75, 3.05) is 12.4 Å². The van der Waals surface area contributed by atoms with Crippen LogP contribution in [0.25, 0.3) is 32.6 Å². The second-order valence-electron chi connectivity index (χ2n) is 6.86. The molecule has 162 valence electrons. The van der Waals surface area contributed by atoms with Gasteiger partial charge >= 0.3 is 0 Å². The summed E-state index contributed by atoms with van der Waals surface area (Å²) in [5, 5.41) is 6.63. The van der Waals surface area contributed by atoms with Gasteiger partial charge in [-0.2, -0.15) is 0 Å². The Morgan fingerprint density at radius 2 is 2.00 bits per heavy atom. The van der Waals surface area contributed by atoms with Gasteiger partial charge in [-0.15, -0.1) is 11.3 Å². The largest absolute Gasteiger partial charge is 0.360 e. The molecule has 5 aromatic rings. The lowest BCUT2D eigenvalue weighted by Gasteiger charge is -2.15. The Morgan fingerprint density at radius 3 is 2.78 bits per heavy atom. The highest BCUT2D eigenvalue weighted by molar-refractivity contribution is 7.16. The first kappa shape index (κ1) is 21.5. The van der Waals surface area contributed by atoms with E-state index in [9.17, 15) is 9.18 Å². The quantitative estimate of drug-likeness (QED) is 0.336. The van der Waals surface area contributed by atoms with Crippen LogP contribution >= 0.6 is 11.3 Å². The molecule has 0 amide bonds. The minimum Gasteiger partial charge on any atom is -0.360 e. The number of anilines is 1. The van der Waals surface area contributed by atoms with E-state index in [2.05, 4.69) is 31.0 Å². The zero-order valence-corrected chi connectivity index (χ0v) is 18.1. The zero-order chi connectivity index (χ0) is 22.5. The number of nitrogens with two attached hydrogens (primary N) is 1. The number of nitrogens with zero attached hydrogens (tertiary/aromatic N) is 3. The normalized spacial score (nSPS) is 11.7. The number of hydrogen-bond donors (Lipinski definition) is 3. The topological polar surface area (TPSA) is 110 Å². The molecule has 4 N–H and O–H groups in total. The van der Waals surface area contributed by atoms with E-state index in [1.54, 1.807) is 6.20 Å². The molecule has 0 fully saturated rings. The van der Waals surface area contributed by atoms with E-state index < -0.39 is 11.9 Å². The fraction of sp³-hybridized carbons (Fsp3) is 0.130. The number of hydrogen-bond acceptors (Lipinski definition) is 7. The van der Waals surface area contributed by atoms with Gasteiger partial charge in [-0.1, -0.05) is 30.3 Å². The van der Waals surface area contributed by atoms with Gasteiger partial charge in [0.2, 0.25) is 0 Å². The number of carbonyl (C=O) groups excluding carboxylic acids is 1. The third-order valence-corrected chi connectivity index (χ3v) is 5.66. The first-order chi connectivity index (χ1) is 15.7. The second-order valence-corrected chi connectivity index (χ2v) is 7.76. The van der Waals surface area contributed by atoms with Crippen molar-refractivity contribution in [3.05, 3.63) is 71.6 Å². The number of benzene rings is 1. The highest BCUT2D eigenvalue weighted by Crippen LogP contribution is 2.32. The van der Waals surface area contributed by atoms with E-state index in [4.69, 9.17) is 0 Å². The second kappa shape index (κ2) is 9.63. The van der Waals surface area contributed by atoms with Crippen molar-refractivity contribution in [1.82, 2.24) is 19.9 Å². The highest BCUT2D eigenvalue weighted by atomic mass is 32.1. The lowest BCUT2D eigenvalue weighted by atomic mass is 10.1. The maximum absolute atomic E-state index is 13.8. The van der Waals surface area contributed by atoms with Crippen molar-refractivity contribution in [3.8, 4) is 11.4 Å². The standard InChI is InChI=1S/C22H16FN5OS.CH5N/c23-14-9-17-18(11-25-19(17)24-10-14)21-27-20(16-6-7-30-22(16)28-21)26-15(12-29)8-13-4-2-1-3-5-13;1-2/h1-7,9-12,15H,8H2,(H,24,25)(H,26,27,28);2H2,1H3. The average Bonchev–Trinajstić information content (AvgIpc) is 3.47. The van der Waals surface area contributed by atoms with Gasteiger partial charge in [-0.25, -0.2) is 19.3 Å². The van der Waals surface area contributed by atoms with Crippen LogP contribution in [0.3, 0.4) is 0 Å². The molecule has 9 heteroatoms. The Morgan fingerprint density at radius 1 is 1.19 bits per heavy atom. The first-order valence-corrected chi connectivity index (χ1v) is 10.8. The molecular formula is C23H21FN6OS. The molecule has 0 spiro atoms. The molecule has 32 heavy (non-hydrogen) atoms. The Kier molecular flexibility index (Phi) is 6.48. The Labute approximate surface area is 187 Å². The summed E-state index contributed by atoms with van der Waals surface area (Å²) in [4.78, 5) is 29.0. The molecule has 0 saturated carbocycles. The van der Waals surface area contributed by atoms with E-state index in [1.165, 1.54) is 24.5 Å². The van der Waals surface area contributed by atoms with Crippen LogP contribution in [0, 0.1) is 5.82 Å². The number of aldehydes is 1. The average molecular weight is 449 g/mol. The Bertz CT molecular complexity index is 1350. The summed E-state index contributed by atoms with van der Waals surface area (Å²) >= 11 is 1.48. The number of aromatic amines is 1. The molecule has 1 unspecified atom stereocenters. The van der Waals surface area contributed by atoms with Crippen molar-refractivity contribution in [2.24, 2.45) is 5.73 Å². The van der Waals surface area contributed by atoms with Gasteiger partial charge in [-0.3, -0.25) is 0 Å². The molecule has 4 heterocycles. The van der Waals surface area contributed by atoms with Gasteiger partial charge < -0.3 is 20.8 Å². The molecule has 0 bridgehead atoms. The van der Waals surface area contributed by atoms with Crippen LogP contribution < -0.4 is 11.1 Å². The summed E-state index contributed by atoms with van der Waals surface area (Å²) in [5.41, 5.74) is 6.77. The van der Waals surface area contributed by atoms with Crippen molar-refractivity contribution in [3.63, 3.8) is 0 Å². The van der Waals surface area contributed by atoms with Crippen molar-refractivity contribution in [2.45, 2.75) is 12.5 Å². The summed E-state index contributed by atoms with van der Waals surface area (Å²) < 4.78 is 13.8. The van der Waals surface area contributed by atoms with E-state index >= 15 is 0 Å². The summed E-state index contributed by atoms with van der Waals surface area (Å²) in [6.07, 6.45) is 4.31. The minimum absolute atomic E-state index is 0.428. The van der Waals surface area contributed by atoms with Gasteiger partial charge in [0.25, 0.3) is 0 Å². The lowest BCUT2D eigenvalue weighted by Crippen LogP contribution is -2.24. The van der Waals surface area contributed by atoms with Gasteiger partial charge in [0.05, 0.1) is 17.6 Å². The molecule has 0 radical (unpaired) electrons. The number of thiophene rings is 1. The number of pyridine rings is 1. The number of rotatable bonds is 6. The SMILES string of the molecule is CN.O=CC(Cc1ccccc1)Nc1nc(-c2c[nH]c3ncc(F)cc23)nc2sccc12. The fourth-order valence-electron chi connectivity index (χ4n) is 3.43. The monoisotopic (exact) mass is 448 g/mol. The fourth-order valence-corrected chi connectivity index (χ4v) is 4.19. The molecule has 0 aliphatic heterocycles.